The molecule has 0 spiro atoms. The lowest BCUT2D eigenvalue weighted by Gasteiger charge is -2.36. The molecule has 0 radical (unpaired) electrons. The highest BCUT2D eigenvalue weighted by molar-refractivity contribution is 5.76. The fourth-order valence-corrected chi connectivity index (χ4v) is 2.10. The van der Waals surface area contributed by atoms with Gasteiger partial charge in [-0.3, -0.25) is 9.69 Å². The number of piperidine rings is 1. The maximum absolute atomic E-state index is 11.1. The number of primary amides is 1. The summed E-state index contributed by atoms with van der Waals surface area (Å²) < 4.78 is 5.20. The predicted molar refractivity (Wildman–Crippen MR) is 52.7 cm³/mol. The van der Waals surface area contributed by atoms with Gasteiger partial charge in [0.1, 0.15) is 0 Å². The highest BCUT2D eigenvalue weighted by atomic mass is 16.6. The van der Waals surface area contributed by atoms with Crippen molar-refractivity contribution in [3.8, 4) is 0 Å². The van der Waals surface area contributed by atoms with Crippen LogP contribution in [-0.4, -0.2) is 42.6 Å². The molecule has 4 heteroatoms. The topological polar surface area (TPSA) is 58.9 Å². The van der Waals surface area contributed by atoms with Crippen molar-refractivity contribution in [1.29, 1.82) is 0 Å². The van der Waals surface area contributed by atoms with Crippen molar-refractivity contribution >= 4 is 5.91 Å². The minimum atomic E-state index is -0.154. The second-order valence-corrected chi connectivity index (χ2v) is 4.43. The summed E-state index contributed by atoms with van der Waals surface area (Å²) in [4.78, 5) is 13.4. The molecule has 2 rings (SSSR count). The molecule has 0 aliphatic carbocycles. The van der Waals surface area contributed by atoms with Gasteiger partial charge in [0.05, 0.1) is 18.6 Å². The quantitative estimate of drug-likeness (QED) is 0.648. The molecule has 0 bridgehead atoms. The van der Waals surface area contributed by atoms with E-state index in [4.69, 9.17) is 10.5 Å². The first-order valence-electron chi connectivity index (χ1n) is 5.32. The van der Waals surface area contributed by atoms with Crippen LogP contribution in [0.2, 0.25) is 0 Å². The summed E-state index contributed by atoms with van der Waals surface area (Å²) in [5.41, 5.74) is 5.32. The standard InChI is InChI=1S/C10H18N2O2/c1-7-2-3-8(10(11)13)4-12(7)5-9-6-14-9/h7-9H,2-6H2,1H3,(H2,11,13). The van der Waals surface area contributed by atoms with Crippen LogP contribution in [0, 0.1) is 5.92 Å². The maximum atomic E-state index is 11.1. The van der Waals surface area contributed by atoms with Gasteiger partial charge in [-0.1, -0.05) is 0 Å². The predicted octanol–water partition coefficient (Wildman–Crippen LogP) is -0.0290. The molecule has 3 unspecified atom stereocenters. The minimum Gasteiger partial charge on any atom is -0.372 e. The van der Waals surface area contributed by atoms with Gasteiger partial charge in [-0.15, -0.1) is 0 Å². The Balaban J connectivity index is 1.88. The highest BCUT2D eigenvalue weighted by Gasteiger charge is 2.33. The number of likely N-dealkylation sites (tertiary alicyclic amines) is 1. The second-order valence-electron chi connectivity index (χ2n) is 4.43. The summed E-state index contributed by atoms with van der Waals surface area (Å²) in [5.74, 6) is -0.108. The number of hydrogen-bond donors (Lipinski definition) is 1. The van der Waals surface area contributed by atoms with E-state index in [0.717, 1.165) is 32.5 Å². The van der Waals surface area contributed by atoms with Crippen LogP contribution in [0.5, 0.6) is 0 Å². The molecular weight excluding hydrogens is 180 g/mol. The Morgan fingerprint density at radius 2 is 2.29 bits per heavy atom. The Kier molecular flexibility index (Phi) is 2.74. The number of hydrogen-bond acceptors (Lipinski definition) is 3. The van der Waals surface area contributed by atoms with E-state index in [9.17, 15) is 4.79 Å². The monoisotopic (exact) mass is 198 g/mol. The van der Waals surface area contributed by atoms with Gasteiger partial charge in [0.15, 0.2) is 0 Å². The van der Waals surface area contributed by atoms with Crippen LogP contribution in [0.25, 0.3) is 0 Å². The number of nitrogens with zero attached hydrogens (tertiary/aromatic N) is 1. The summed E-state index contributed by atoms with van der Waals surface area (Å²) in [5, 5.41) is 0. The molecule has 14 heavy (non-hydrogen) atoms. The van der Waals surface area contributed by atoms with Crippen LogP contribution in [0.4, 0.5) is 0 Å². The molecule has 0 aromatic rings. The average molecular weight is 198 g/mol. The van der Waals surface area contributed by atoms with E-state index in [0.29, 0.717) is 12.1 Å². The molecule has 1 amide bonds. The molecule has 2 saturated heterocycles. The summed E-state index contributed by atoms with van der Waals surface area (Å²) in [6.45, 7) is 4.87. The molecule has 0 aromatic heterocycles. The molecule has 4 nitrogen and oxygen atoms in total. The van der Waals surface area contributed by atoms with E-state index >= 15 is 0 Å². The smallest absolute Gasteiger partial charge is 0.221 e. The zero-order valence-corrected chi connectivity index (χ0v) is 8.61. The van der Waals surface area contributed by atoms with E-state index in [1.54, 1.807) is 0 Å². The van der Waals surface area contributed by atoms with Crippen LogP contribution in [-0.2, 0) is 9.53 Å². The Morgan fingerprint density at radius 3 is 2.86 bits per heavy atom. The van der Waals surface area contributed by atoms with Crippen LogP contribution in [0.15, 0.2) is 0 Å². The largest absolute Gasteiger partial charge is 0.372 e. The van der Waals surface area contributed by atoms with Crippen LogP contribution in [0.3, 0.4) is 0 Å². The average Bonchev–Trinajstić information content (AvgIpc) is 2.92. The Labute approximate surface area is 84.4 Å². The van der Waals surface area contributed by atoms with Gasteiger partial charge in [0.2, 0.25) is 5.91 Å². The number of carbonyl (C=O) groups is 1. The van der Waals surface area contributed by atoms with Crippen LogP contribution in [0.1, 0.15) is 19.8 Å². The number of amides is 1. The van der Waals surface area contributed by atoms with E-state index < -0.39 is 0 Å². The lowest BCUT2D eigenvalue weighted by molar-refractivity contribution is -0.124. The molecule has 2 heterocycles. The third-order valence-electron chi connectivity index (χ3n) is 3.25. The third-order valence-corrected chi connectivity index (χ3v) is 3.25. The molecule has 2 fully saturated rings. The SMILES string of the molecule is CC1CCC(C(N)=O)CN1CC1CO1. The number of rotatable bonds is 3. The summed E-state index contributed by atoms with van der Waals surface area (Å²) in [6.07, 6.45) is 2.42. The van der Waals surface area contributed by atoms with Crippen molar-refractivity contribution in [3.63, 3.8) is 0 Å². The number of epoxide rings is 1. The first kappa shape index (κ1) is 9.93. The van der Waals surface area contributed by atoms with E-state index in [1.807, 2.05) is 0 Å². The summed E-state index contributed by atoms with van der Waals surface area (Å²) >= 11 is 0. The summed E-state index contributed by atoms with van der Waals surface area (Å²) in [6, 6.07) is 0.565. The normalized spacial score (nSPS) is 38.2. The summed E-state index contributed by atoms with van der Waals surface area (Å²) in [7, 11) is 0. The van der Waals surface area contributed by atoms with Crippen molar-refractivity contribution in [1.82, 2.24) is 4.90 Å². The molecule has 0 aromatic carbocycles. The minimum absolute atomic E-state index is 0.0462. The number of ether oxygens (including phenoxy) is 1. The Morgan fingerprint density at radius 1 is 1.57 bits per heavy atom. The van der Waals surface area contributed by atoms with Gasteiger partial charge < -0.3 is 10.5 Å². The number of carbonyl (C=O) groups excluding carboxylic acids is 1. The van der Waals surface area contributed by atoms with Crippen molar-refractivity contribution < 1.29 is 9.53 Å². The molecule has 2 aliphatic heterocycles. The second kappa shape index (κ2) is 3.87. The zero-order valence-electron chi connectivity index (χ0n) is 8.61. The van der Waals surface area contributed by atoms with Crippen LogP contribution < -0.4 is 5.73 Å². The molecular formula is C10H18N2O2. The maximum Gasteiger partial charge on any atom is 0.221 e. The molecule has 80 valence electrons. The van der Waals surface area contributed by atoms with Crippen molar-refractivity contribution in [3.05, 3.63) is 0 Å². The number of nitrogens with two attached hydrogens (primary N) is 1. The molecule has 3 atom stereocenters. The van der Waals surface area contributed by atoms with Crippen molar-refractivity contribution in [2.24, 2.45) is 11.7 Å². The van der Waals surface area contributed by atoms with Gasteiger partial charge in [-0.25, -0.2) is 0 Å². The van der Waals surface area contributed by atoms with Crippen molar-refractivity contribution in [2.45, 2.75) is 31.9 Å². The zero-order chi connectivity index (χ0) is 10.1. The fraction of sp³-hybridized carbons (Fsp3) is 0.900. The third kappa shape index (κ3) is 2.25. The van der Waals surface area contributed by atoms with E-state index in [1.165, 1.54) is 0 Å². The highest BCUT2D eigenvalue weighted by Crippen LogP contribution is 2.23. The van der Waals surface area contributed by atoms with E-state index in [2.05, 4.69) is 11.8 Å². The first-order chi connectivity index (χ1) is 6.66. The van der Waals surface area contributed by atoms with Gasteiger partial charge in [0.25, 0.3) is 0 Å². The molecule has 0 saturated carbocycles. The van der Waals surface area contributed by atoms with Crippen molar-refractivity contribution in [2.75, 3.05) is 19.7 Å². The van der Waals surface area contributed by atoms with Crippen LogP contribution >= 0.6 is 0 Å². The lowest BCUT2D eigenvalue weighted by Crippen LogP contribution is -2.47. The lowest BCUT2D eigenvalue weighted by atomic mass is 9.93. The molecule has 2 N–H and O–H groups in total. The van der Waals surface area contributed by atoms with Gasteiger partial charge >= 0.3 is 0 Å². The van der Waals surface area contributed by atoms with Gasteiger partial charge in [-0.2, -0.15) is 0 Å². The van der Waals surface area contributed by atoms with Gasteiger partial charge in [-0.05, 0) is 19.8 Å². The Bertz CT molecular complexity index is 228. The van der Waals surface area contributed by atoms with E-state index in [-0.39, 0.29) is 11.8 Å². The Hall–Kier alpha value is -0.610. The van der Waals surface area contributed by atoms with Gasteiger partial charge in [0, 0.05) is 19.1 Å². The fourth-order valence-electron chi connectivity index (χ4n) is 2.10. The molecule has 2 aliphatic rings. The first-order valence-corrected chi connectivity index (χ1v) is 5.32.